The molecule has 0 aliphatic carbocycles. The number of nitrogens with two attached hydrogens (primary N) is 1. The van der Waals surface area contributed by atoms with Crippen molar-refractivity contribution >= 4 is 18.2 Å². The van der Waals surface area contributed by atoms with Gasteiger partial charge in [-0.15, -0.1) is 0 Å². The average molecular weight is 192 g/mol. The smallest absolute Gasteiger partial charge is 0.153 e. The molecule has 0 aliphatic heterocycles. The zero-order valence-electron chi connectivity index (χ0n) is 7.35. The lowest BCUT2D eigenvalue weighted by atomic mass is 10.3. The number of hydrogen-bond acceptors (Lipinski definition) is 3. The van der Waals surface area contributed by atoms with Crippen LogP contribution in [-0.4, -0.2) is 12.5 Å². The SMILES string of the molecule is N/C=C(/C=O)C=Nc1ccc(F)cc1. The molecule has 1 aromatic carbocycles. The van der Waals surface area contributed by atoms with Crippen LogP contribution in [0, 0.1) is 5.82 Å². The normalized spacial score (nSPS) is 11.9. The van der Waals surface area contributed by atoms with Crippen LogP contribution < -0.4 is 5.73 Å². The van der Waals surface area contributed by atoms with Crippen LogP contribution in [0.2, 0.25) is 0 Å². The van der Waals surface area contributed by atoms with Crippen molar-refractivity contribution in [3.05, 3.63) is 41.9 Å². The molecule has 1 aromatic rings. The number of halogens is 1. The van der Waals surface area contributed by atoms with E-state index in [2.05, 4.69) is 4.99 Å². The van der Waals surface area contributed by atoms with Crippen LogP contribution in [0.5, 0.6) is 0 Å². The van der Waals surface area contributed by atoms with Crippen molar-refractivity contribution in [2.45, 2.75) is 0 Å². The van der Waals surface area contributed by atoms with Gasteiger partial charge in [-0.1, -0.05) is 0 Å². The third-order valence-electron chi connectivity index (χ3n) is 1.52. The molecule has 0 aliphatic rings. The first-order chi connectivity index (χ1) is 6.76. The number of carbonyl (C=O) groups excluding carboxylic acids is 1. The lowest BCUT2D eigenvalue weighted by Gasteiger charge is -1.92. The highest BCUT2D eigenvalue weighted by Gasteiger charge is 1.91. The molecule has 2 N–H and O–H groups in total. The van der Waals surface area contributed by atoms with E-state index in [9.17, 15) is 9.18 Å². The Labute approximate surface area is 80.8 Å². The van der Waals surface area contributed by atoms with Gasteiger partial charge in [0.1, 0.15) is 5.82 Å². The Morgan fingerprint density at radius 1 is 1.36 bits per heavy atom. The maximum atomic E-state index is 12.5. The Kier molecular flexibility index (Phi) is 3.55. The average Bonchev–Trinajstić information content (AvgIpc) is 2.22. The number of allylic oxidation sites excluding steroid dienone is 1. The van der Waals surface area contributed by atoms with Crippen LogP contribution in [0.1, 0.15) is 0 Å². The van der Waals surface area contributed by atoms with Crippen LogP contribution in [-0.2, 0) is 4.79 Å². The number of aliphatic imine (C=N–C) groups is 1. The van der Waals surface area contributed by atoms with E-state index in [1.54, 1.807) is 0 Å². The summed E-state index contributed by atoms with van der Waals surface area (Å²) >= 11 is 0. The van der Waals surface area contributed by atoms with Crippen LogP contribution in [0.3, 0.4) is 0 Å². The Morgan fingerprint density at radius 2 is 2.00 bits per heavy atom. The van der Waals surface area contributed by atoms with Crippen molar-refractivity contribution in [2.75, 3.05) is 0 Å². The lowest BCUT2D eigenvalue weighted by molar-refractivity contribution is -0.104. The van der Waals surface area contributed by atoms with E-state index in [-0.39, 0.29) is 11.4 Å². The van der Waals surface area contributed by atoms with E-state index in [0.29, 0.717) is 12.0 Å². The van der Waals surface area contributed by atoms with E-state index in [4.69, 9.17) is 5.73 Å². The molecule has 0 heterocycles. The summed E-state index contributed by atoms with van der Waals surface area (Å²) in [6.45, 7) is 0. The highest BCUT2D eigenvalue weighted by Crippen LogP contribution is 2.11. The van der Waals surface area contributed by atoms with Crippen molar-refractivity contribution in [1.29, 1.82) is 0 Å². The van der Waals surface area contributed by atoms with Crippen LogP contribution in [0.25, 0.3) is 0 Å². The molecule has 0 aromatic heterocycles. The Morgan fingerprint density at radius 3 is 2.50 bits per heavy atom. The molecule has 1 rings (SSSR count). The molecule has 0 radical (unpaired) electrons. The fraction of sp³-hybridized carbons (Fsp3) is 0. The summed E-state index contributed by atoms with van der Waals surface area (Å²) in [6.07, 6.45) is 3.06. The van der Waals surface area contributed by atoms with E-state index in [1.165, 1.54) is 30.5 Å². The molecular weight excluding hydrogens is 183 g/mol. The zero-order chi connectivity index (χ0) is 10.4. The minimum Gasteiger partial charge on any atom is -0.404 e. The molecule has 0 spiro atoms. The summed E-state index contributed by atoms with van der Waals surface area (Å²) in [5.74, 6) is -0.325. The van der Waals surface area contributed by atoms with E-state index < -0.39 is 0 Å². The van der Waals surface area contributed by atoms with Gasteiger partial charge < -0.3 is 5.73 Å². The number of benzene rings is 1. The quantitative estimate of drug-likeness (QED) is 0.449. The Hall–Kier alpha value is -1.97. The van der Waals surface area contributed by atoms with E-state index in [0.717, 1.165) is 6.20 Å². The van der Waals surface area contributed by atoms with Gasteiger partial charge in [-0.3, -0.25) is 9.79 Å². The Bertz CT molecular complexity index is 368. The predicted octanol–water partition coefficient (Wildman–Crippen LogP) is 1.57. The molecule has 0 saturated carbocycles. The molecule has 72 valence electrons. The lowest BCUT2D eigenvalue weighted by Crippen LogP contribution is -1.91. The molecule has 0 bridgehead atoms. The second kappa shape index (κ2) is 4.91. The van der Waals surface area contributed by atoms with E-state index >= 15 is 0 Å². The van der Waals surface area contributed by atoms with Gasteiger partial charge in [0.15, 0.2) is 6.29 Å². The van der Waals surface area contributed by atoms with Gasteiger partial charge in [0.2, 0.25) is 0 Å². The molecule has 4 heteroatoms. The van der Waals surface area contributed by atoms with Crippen LogP contribution in [0.15, 0.2) is 41.0 Å². The Balaban J connectivity index is 2.78. The number of aldehydes is 1. The van der Waals surface area contributed by atoms with Crippen LogP contribution >= 0.6 is 0 Å². The van der Waals surface area contributed by atoms with Crippen molar-refractivity contribution in [2.24, 2.45) is 10.7 Å². The topological polar surface area (TPSA) is 55.5 Å². The first kappa shape index (κ1) is 10.1. The van der Waals surface area contributed by atoms with Gasteiger partial charge in [-0.2, -0.15) is 0 Å². The first-order valence-corrected chi connectivity index (χ1v) is 3.93. The molecule has 14 heavy (non-hydrogen) atoms. The number of carbonyl (C=O) groups is 1. The van der Waals surface area contributed by atoms with Gasteiger partial charge in [0.25, 0.3) is 0 Å². The summed E-state index contributed by atoms with van der Waals surface area (Å²) in [6, 6.07) is 5.59. The minimum atomic E-state index is -0.325. The highest BCUT2D eigenvalue weighted by molar-refractivity contribution is 6.02. The molecule has 0 atom stereocenters. The summed E-state index contributed by atoms with van der Waals surface area (Å²) < 4.78 is 12.5. The zero-order valence-corrected chi connectivity index (χ0v) is 7.35. The highest BCUT2D eigenvalue weighted by atomic mass is 19.1. The van der Waals surface area contributed by atoms with E-state index in [1.807, 2.05) is 0 Å². The second-order valence-electron chi connectivity index (χ2n) is 2.52. The fourth-order valence-corrected chi connectivity index (χ4v) is 0.789. The van der Waals surface area contributed by atoms with Gasteiger partial charge in [0.05, 0.1) is 5.69 Å². The number of nitrogens with zero attached hydrogens (tertiary/aromatic N) is 1. The van der Waals surface area contributed by atoms with Crippen molar-refractivity contribution < 1.29 is 9.18 Å². The summed E-state index contributed by atoms with van der Waals surface area (Å²) in [4.78, 5) is 14.2. The molecule has 0 saturated heterocycles. The fourth-order valence-electron chi connectivity index (χ4n) is 0.789. The third-order valence-corrected chi connectivity index (χ3v) is 1.52. The maximum Gasteiger partial charge on any atom is 0.153 e. The standard InChI is InChI=1S/C10H9FN2O/c11-9-1-3-10(4-2-9)13-6-8(5-12)7-14/h1-7H,12H2/b8-5+,13-6?. The summed E-state index contributed by atoms with van der Waals surface area (Å²) in [5.41, 5.74) is 5.96. The van der Waals surface area contributed by atoms with Crippen LogP contribution in [0.4, 0.5) is 10.1 Å². The molecule has 0 unspecified atom stereocenters. The molecule has 0 fully saturated rings. The minimum absolute atomic E-state index is 0.273. The number of hydrogen-bond donors (Lipinski definition) is 1. The van der Waals surface area contributed by atoms with Gasteiger partial charge in [-0.25, -0.2) is 4.39 Å². The maximum absolute atomic E-state index is 12.5. The monoisotopic (exact) mass is 192 g/mol. The second-order valence-corrected chi connectivity index (χ2v) is 2.52. The predicted molar refractivity (Wildman–Crippen MR) is 52.9 cm³/mol. The largest absolute Gasteiger partial charge is 0.404 e. The van der Waals surface area contributed by atoms with Crippen molar-refractivity contribution in [3.63, 3.8) is 0 Å². The molecule has 3 nitrogen and oxygen atoms in total. The molecule has 0 amide bonds. The van der Waals surface area contributed by atoms with Gasteiger partial charge in [0, 0.05) is 18.0 Å². The van der Waals surface area contributed by atoms with Gasteiger partial charge >= 0.3 is 0 Å². The third kappa shape index (κ3) is 2.82. The van der Waals surface area contributed by atoms with Crippen molar-refractivity contribution in [3.8, 4) is 0 Å². The van der Waals surface area contributed by atoms with Crippen molar-refractivity contribution in [1.82, 2.24) is 0 Å². The summed E-state index contributed by atoms with van der Waals surface area (Å²) in [7, 11) is 0. The van der Waals surface area contributed by atoms with Gasteiger partial charge in [-0.05, 0) is 24.3 Å². The molecular formula is C10H9FN2O. The number of rotatable bonds is 3. The summed E-state index contributed by atoms with van der Waals surface area (Å²) in [5, 5.41) is 0. The first-order valence-electron chi connectivity index (χ1n) is 3.93.